The number of rotatable bonds is 6. The fourth-order valence-corrected chi connectivity index (χ4v) is 3.84. The summed E-state index contributed by atoms with van der Waals surface area (Å²) in [6, 6.07) is 18.3. The molecule has 0 N–H and O–H groups in total. The van der Waals surface area contributed by atoms with Gasteiger partial charge in [-0.2, -0.15) is 0 Å². The van der Waals surface area contributed by atoms with Gasteiger partial charge in [0.1, 0.15) is 11.6 Å². The Morgan fingerprint density at radius 3 is 2.69 bits per heavy atom. The molecular weight excluding hydrogens is 364 g/mol. The maximum Gasteiger partial charge on any atom is 0.241 e. The smallest absolute Gasteiger partial charge is 0.241 e. The molecule has 1 aliphatic rings. The normalized spacial score (nSPS) is 17.5. The second kappa shape index (κ2) is 8.49. The first kappa shape index (κ1) is 19.2. The molecule has 3 aromatic rings. The molecule has 29 heavy (non-hydrogen) atoms. The maximum atomic E-state index is 13.0. The third kappa shape index (κ3) is 4.32. The number of aryl methyl sites for hydroxylation is 1. The summed E-state index contributed by atoms with van der Waals surface area (Å²) in [6.07, 6.45) is 4.62. The van der Waals surface area contributed by atoms with Gasteiger partial charge in [-0.05, 0) is 24.1 Å². The number of carbonyl (C=O) groups excluding carboxylic acids is 1. The van der Waals surface area contributed by atoms with Gasteiger partial charge < -0.3 is 14.2 Å². The van der Waals surface area contributed by atoms with E-state index in [1.54, 1.807) is 13.3 Å². The Labute approximate surface area is 171 Å². The van der Waals surface area contributed by atoms with E-state index in [0.717, 1.165) is 23.7 Å². The summed E-state index contributed by atoms with van der Waals surface area (Å²) in [5, 5.41) is 0. The number of hydrogen-bond donors (Lipinski definition) is 0. The van der Waals surface area contributed by atoms with Crippen LogP contribution in [0.1, 0.15) is 11.4 Å². The molecule has 0 unspecified atom stereocenters. The van der Waals surface area contributed by atoms with Crippen LogP contribution in [0.5, 0.6) is 5.75 Å². The van der Waals surface area contributed by atoms with Crippen LogP contribution in [0.25, 0.3) is 0 Å². The molecule has 2 aromatic carbocycles. The van der Waals surface area contributed by atoms with Crippen LogP contribution in [0.4, 0.5) is 5.69 Å². The van der Waals surface area contributed by atoms with Crippen LogP contribution in [0.2, 0.25) is 0 Å². The van der Waals surface area contributed by atoms with Crippen LogP contribution in [0.15, 0.2) is 67.0 Å². The third-order valence-corrected chi connectivity index (χ3v) is 5.49. The number of ether oxygens (including phenoxy) is 1. The van der Waals surface area contributed by atoms with Crippen LogP contribution < -0.4 is 9.64 Å². The van der Waals surface area contributed by atoms with E-state index in [0.29, 0.717) is 19.6 Å². The molecule has 0 saturated carbocycles. The second-order valence-electron chi connectivity index (χ2n) is 7.41. The van der Waals surface area contributed by atoms with Crippen molar-refractivity contribution in [2.24, 2.45) is 7.05 Å². The molecule has 2 heterocycles. The Bertz CT molecular complexity index is 970. The number of hydrogen-bond acceptors (Lipinski definition) is 4. The number of imidazole rings is 1. The van der Waals surface area contributed by atoms with Crippen molar-refractivity contribution in [1.82, 2.24) is 14.5 Å². The van der Waals surface area contributed by atoms with E-state index in [1.165, 1.54) is 5.56 Å². The van der Waals surface area contributed by atoms with E-state index in [9.17, 15) is 4.79 Å². The van der Waals surface area contributed by atoms with Crippen LogP contribution in [0.3, 0.4) is 0 Å². The number of aromatic nitrogens is 2. The van der Waals surface area contributed by atoms with E-state index < -0.39 is 0 Å². The van der Waals surface area contributed by atoms with Crippen LogP contribution in [0, 0.1) is 0 Å². The number of benzene rings is 2. The topological polar surface area (TPSA) is 50.6 Å². The summed E-state index contributed by atoms with van der Waals surface area (Å²) in [6.45, 7) is 1.64. The monoisotopic (exact) mass is 390 g/mol. The SMILES string of the molecule is COc1cccc(N2C[C@H](Cc3ccccc3)N(Cc3nccn3C)CC2=O)c1. The van der Waals surface area contributed by atoms with Gasteiger partial charge >= 0.3 is 0 Å². The number of carbonyl (C=O) groups is 1. The first-order chi connectivity index (χ1) is 14.1. The quantitative estimate of drug-likeness (QED) is 0.649. The summed E-state index contributed by atoms with van der Waals surface area (Å²) in [7, 11) is 3.63. The van der Waals surface area contributed by atoms with Crippen molar-refractivity contribution < 1.29 is 9.53 Å². The van der Waals surface area contributed by atoms with E-state index in [1.807, 2.05) is 53.0 Å². The molecule has 0 spiro atoms. The Morgan fingerprint density at radius 1 is 1.14 bits per heavy atom. The zero-order valence-electron chi connectivity index (χ0n) is 16.9. The molecule has 6 heteroatoms. The van der Waals surface area contributed by atoms with Gasteiger partial charge in [-0.1, -0.05) is 36.4 Å². The molecule has 0 radical (unpaired) electrons. The van der Waals surface area contributed by atoms with E-state index in [2.05, 4.69) is 34.1 Å². The molecule has 6 nitrogen and oxygen atoms in total. The average molecular weight is 390 g/mol. The third-order valence-electron chi connectivity index (χ3n) is 5.49. The fraction of sp³-hybridized carbons (Fsp3) is 0.304. The van der Waals surface area contributed by atoms with Gasteiger partial charge in [-0.25, -0.2) is 4.98 Å². The molecular formula is C23H26N4O2. The number of methoxy groups -OCH3 is 1. The summed E-state index contributed by atoms with van der Waals surface area (Å²) < 4.78 is 7.36. The van der Waals surface area contributed by atoms with Crippen molar-refractivity contribution in [2.45, 2.75) is 19.0 Å². The van der Waals surface area contributed by atoms with Crippen molar-refractivity contribution in [1.29, 1.82) is 0 Å². The molecule has 4 rings (SSSR count). The zero-order valence-corrected chi connectivity index (χ0v) is 16.9. The minimum absolute atomic E-state index is 0.0942. The summed E-state index contributed by atoms with van der Waals surface area (Å²) >= 11 is 0. The highest BCUT2D eigenvalue weighted by molar-refractivity contribution is 5.95. The highest BCUT2D eigenvalue weighted by Crippen LogP contribution is 2.26. The highest BCUT2D eigenvalue weighted by Gasteiger charge is 2.33. The van der Waals surface area contributed by atoms with E-state index in [4.69, 9.17) is 4.74 Å². The summed E-state index contributed by atoms with van der Waals surface area (Å²) in [5.74, 6) is 1.81. The van der Waals surface area contributed by atoms with Gasteiger partial charge in [0.15, 0.2) is 0 Å². The van der Waals surface area contributed by atoms with Crippen LogP contribution >= 0.6 is 0 Å². The Morgan fingerprint density at radius 2 is 1.97 bits per heavy atom. The number of nitrogens with zero attached hydrogens (tertiary/aromatic N) is 4. The molecule has 1 atom stereocenters. The van der Waals surface area contributed by atoms with Gasteiger partial charge in [0.25, 0.3) is 0 Å². The van der Waals surface area contributed by atoms with Gasteiger partial charge in [0.2, 0.25) is 5.91 Å². The first-order valence-electron chi connectivity index (χ1n) is 9.82. The lowest BCUT2D eigenvalue weighted by Gasteiger charge is -2.41. The van der Waals surface area contributed by atoms with E-state index in [-0.39, 0.29) is 11.9 Å². The lowest BCUT2D eigenvalue weighted by Crippen LogP contribution is -2.56. The molecule has 0 aliphatic carbocycles. The first-order valence-corrected chi connectivity index (χ1v) is 9.82. The van der Waals surface area contributed by atoms with Crippen molar-refractivity contribution in [3.63, 3.8) is 0 Å². The van der Waals surface area contributed by atoms with Gasteiger partial charge in [0, 0.05) is 43.8 Å². The fourth-order valence-electron chi connectivity index (χ4n) is 3.84. The van der Waals surface area contributed by atoms with Crippen molar-refractivity contribution >= 4 is 11.6 Å². The average Bonchev–Trinajstić information content (AvgIpc) is 3.15. The molecule has 0 bridgehead atoms. The predicted molar refractivity (Wildman–Crippen MR) is 113 cm³/mol. The number of anilines is 1. The van der Waals surface area contributed by atoms with Crippen molar-refractivity contribution in [3.8, 4) is 5.75 Å². The second-order valence-corrected chi connectivity index (χ2v) is 7.41. The van der Waals surface area contributed by atoms with Crippen molar-refractivity contribution in [3.05, 3.63) is 78.4 Å². The summed E-state index contributed by atoms with van der Waals surface area (Å²) in [4.78, 5) is 21.6. The van der Waals surface area contributed by atoms with Gasteiger partial charge in [-0.15, -0.1) is 0 Å². The van der Waals surface area contributed by atoms with Gasteiger partial charge in [-0.3, -0.25) is 9.69 Å². The summed E-state index contributed by atoms with van der Waals surface area (Å²) in [5.41, 5.74) is 2.14. The number of amides is 1. The lowest BCUT2D eigenvalue weighted by molar-refractivity contribution is -0.122. The molecule has 1 aliphatic heterocycles. The Kier molecular flexibility index (Phi) is 5.62. The number of piperazine rings is 1. The molecule has 1 amide bonds. The zero-order chi connectivity index (χ0) is 20.2. The highest BCUT2D eigenvalue weighted by atomic mass is 16.5. The molecule has 150 valence electrons. The Balaban J connectivity index is 1.60. The molecule has 1 aromatic heterocycles. The largest absolute Gasteiger partial charge is 0.497 e. The van der Waals surface area contributed by atoms with Crippen molar-refractivity contribution in [2.75, 3.05) is 25.1 Å². The Hall–Kier alpha value is -3.12. The van der Waals surface area contributed by atoms with Gasteiger partial charge in [0.05, 0.1) is 20.2 Å². The minimum Gasteiger partial charge on any atom is -0.497 e. The maximum absolute atomic E-state index is 13.0. The molecule has 1 saturated heterocycles. The predicted octanol–water partition coefficient (Wildman–Crippen LogP) is 2.89. The van der Waals surface area contributed by atoms with Crippen LogP contribution in [-0.4, -0.2) is 46.6 Å². The van der Waals surface area contributed by atoms with Crippen LogP contribution in [-0.2, 0) is 24.8 Å². The lowest BCUT2D eigenvalue weighted by atomic mass is 10.0. The minimum atomic E-state index is 0.0942. The standard InChI is InChI=1S/C23H26N4O2/c1-25-12-11-24-22(25)16-26-17-23(28)27(19-9-6-10-21(14-19)29-2)15-20(26)13-18-7-4-3-5-8-18/h3-12,14,20H,13,15-17H2,1-2H3/t20-/m0/s1. The molecule has 1 fully saturated rings. The van der Waals surface area contributed by atoms with E-state index >= 15 is 0 Å².